The topological polar surface area (TPSA) is 83.1 Å². The molecule has 1 aliphatic rings. The summed E-state index contributed by atoms with van der Waals surface area (Å²) in [6, 6.07) is 14.2. The Morgan fingerprint density at radius 3 is 2.46 bits per heavy atom. The molecule has 1 fully saturated rings. The van der Waals surface area contributed by atoms with E-state index in [2.05, 4.69) is 10.9 Å². The van der Waals surface area contributed by atoms with Crippen molar-refractivity contribution in [2.45, 2.75) is 24.9 Å². The van der Waals surface area contributed by atoms with Crippen LogP contribution in [0.1, 0.15) is 24.4 Å². The maximum absolute atomic E-state index is 12.6. The van der Waals surface area contributed by atoms with E-state index in [9.17, 15) is 9.90 Å². The van der Waals surface area contributed by atoms with Crippen LogP contribution in [0.5, 0.6) is 17.2 Å². The van der Waals surface area contributed by atoms with Crippen LogP contribution < -0.4 is 20.3 Å². The van der Waals surface area contributed by atoms with Crippen LogP contribution in [-0.4, -0.2) is 49.3 Å². The molecule has 2 aromatic rings. The van der Waals surface area contributed by atoms with Crippen molar-refractivity contribution in [2.24, 2.45) is 0 Å². The van der Waals surface area contributed by atoms with Gasteiger partial charge in [-0.05, 0) is 54.8 Å². The SMILES string of the molecule is COc1ccc(OCCCN(C)C(=O)C2CC(c3ccc(O)cc3)NN2)cc1. The number of carbonyl (C=O) groups is 1. The van der Waals surface area contributed by atoms with Crippen molar-refractivity contribution in [2.75, 3.05) is 27.3 Å². The molecule has 1 saturated heterocycles. The summed E-state index contributed by atoms with van der Waals surface area (Å²) in [4.78, 5) is 14.4. The Morgan fingerprint density at radius 2 is 1.79 bits per heavy atom. The number of aromatic hydroxyl groups is 1. The van der Waals surface area contributed by atoms with Gasteiger partial charge in [-0.3, -0.25) is 4.79 Å². The van der Waals surface area contributed by atoms with E-state index in [0.717, 1.165) is 23.5 Å². The smallest absolute Gasteiger partial charge is 0.240 e. The second-order valence-corrected chi connectivity index (χ2v) is 6.86. The third-order valence-electron chi connectivity index (χ3n) is 4.84. The fourth-order valence-corrected chi connectivity index (χ4v) is 3.18. The lowest BCUT2D eigenvalue weighted by atomic mass is 10.0. The zero-order valence-corrected chi connectivity index (χ0v) is 16.2. The Kier molecular flexibility index (Phi) is 6.73. The molecule has 0 saturated carbocycles. The largest absolute Gasteiger partial charge is 0.508 e. The number of likely N-dealkylation sites (N-methyl/N-ethyl adjacent to an activating group) is 1. The van der Waals surface area contributed by atoms with Crippen LogP contribution >= 0.6 is 0 Å². The predicted octanol–water partition coefficient (Wildman–Crippen LogP) is 2.24. The van der Waals surface area contributed by atoms with Gasteiger partial charge in [-0.1, -0.05) is 12.1 Å². The molecule has 0 aromatic heterocycles. The molecule has 0 spiro atoms. The van der Waals surface area contributed by atoms with Crippen molar-refractivity contribution < 1.29 is 19.4 Å². The van der Waals surface area contributed by atoms with Crippen LogP contribution in [0.15, 0.2) is 48.5 Å². The minimum absolute atomic E-state index is 0.0429. The molecule has 1 amide bonds. The fraction of sp³-hybridized carbons (Fsp3) is 0.381. The van der Waals surface area contributed by atoms with E-state index in [4.69, 9.17) is 9.47 Å². The third kappa shape index (κ3) is 5.15. The van der Waals surface area contributed by atoms with Crippen LogP contribution in [0.3, 0.4) is 0 Å². The van der Waals surface area contributed by atoms with Crippen molar-refractivity contribution in [3.63, 3.8) is 0 Å². The second-order valence-electron chi connectivity index (χ2n) is 6.86. The van der Waals surface area contributed by atoms with Gasteiger partial charge in [0, 0.05) is 19.6 Å². The second kappa shape index (κ2) is 9.43. The monoisotopic (exact) mass is 385 g/mol. The summed E-state index contributed by atoms with van der Waals surface area (Å²) in [5.74, 6) is 1.87. The van der Waals surface area contributed by atoms with Gasteiger partial charge in [0.1, 0.15) is 23.3 Å². The molecule has 1 heterocycles. The van der Waals surface area contributed by atoms with Gasteiger partial charge in [0.05, 0.1) is 13.7 Å². The highest BCUT2D eigenvalue weighted by atomic mass is 16.5. The molecule has 7 nitrogen and oxygen atoms in total. The average Bonchev–Trinajstić information content (AvgIpc) is 3.21. The number of hydrogen-bond donors (Lipinski definition) is 3. The molecule has 3 rings (SSSR count). The van der Waals surface area contributed by atoms with Crippen molar-refractivity contribution >= 4 is 5.91 Å². The summed E-state index contributed by atoms with van der Waals surface area (Å²) in [5.41, 5.74) is 7.28. The summed E-state index contributed by atoms with van der Waals surface area (Å²) in [6.07, 6.45) is 1.41. The number of nitrogens with zero attached hydrogens (tertiary/aromatic N) is 1. The molecular formula is C21H27N3O4. The molecule has 2 aromatic carbocycles. The first-order valence-corrected chi connectivity index (χ1v) is 9.38. The van der Waals surface area contributed by atoms with Gasteiger partial charge in [-0.2, -0.15) is 0 Å². The summed E-state index contributed by atoms with van der Waals surface area (Å²) < 4.78 is 10.8. The zero-order valence-electron chi connectivity index (χ0n) is 16.2. The van der Waals surface area contributed by atoms with Gasteiger partial charge in [-0.25, -0.2) is 10.9 Å². The van der Waals surface area contributed by atoms with Gasteiger partial charge >= 0.3 is 0 Å². The van der Waals surface area contributed by atoms with E-state index in [1.54, 1.807) is 24.1 Å². The van der Waals surface area contributed by atoms with E-state index >= 15 is 0 Å². The first kappa shape index (κ1) is 20.0. The lowest BCUT2D eigenvalue weighted by molar-refractivity contribution is -0.132. The van der Waals surface area contributed by atoms with Crippen molar-refractivity contribution in [3.05, 3.63) is 54.1 Å². The van der Waals surface area contributed by atoms with Crippen molar-refractivity contribution in [3.8, 4) is 17.2 Å². The number of phenols is 1. The molecular weight excluding hydrogens is 358 g/mol. The van der Waals surface area contributed by atoms with Crippen LogP contribution in [0.2, 0.25) is 0 Å². The first-order chi connectivity index (χ1) is 13.6. The summed E-state index contributed by atoms with van der Waals surface area (Å²) in [7, 11) is 3.44. The molecule has 28 heavy (non-hydrogen) atoms. The summed E-state index contributed by atoms with van der Waals surface area (Å²) >= 11 is 0. The first-order valence-electron chi connectivity index (χ1n) is 9.38. The highest BCUT2D eigenvalue weighted by Gasteiger charge is 2.31. The average molecular weight is 385 g/mol. The molecule has 0 radical (unpaired) electrons. The fourth-order valence-electron chi connectivity index (χ4n) is 3.18. The third-order valence-corrected chi connectivity index (χ3v) is 4.84. The van der Waals surface area contributed by atoms with Gasteiger partial charge in [0.15, 0.2) is 0 Å². The molecule has 0 bridgehead atoms. The highest BCUT2D eigenvalue weighted by Crippen LogP contribution is 2.24. The lowest BCUT2D eigenvalue weighted by Gasteiger charge is -2.20. The summed E-state index contributed by atoms with van der Waals surface area (Å²) in [6.45, 7) is 1.16. The van der Waals surface area contributed by atoms with Crippen LogP contribution in [0, 0.1) is 0 Å². The van der Waals surface area contributed by atoms with E-state index < -0.39 is 0 Å². The van der Waals surface area contributed by atoms with Gasteiger partial charge in [0.2, 0.25) is 5.91 Å². The maximum atomic E-state index is 12.6. The number of benzene rings is 2. The number of hydrogen-bond acceptors (Lipinski definition) is 6. The Hall–Kier alpha value is -2.77. The summed E-state index contributed by atoms with van der Waals surface area (Å²) in [5, 5.41) is 9.40. The Bertz CT molecular complexity index is 764. The predicted molar refractivity (Wildman–Crippen MR) is 106 cm³/mol. The number of nitrogens with one attached hydrogen (secondary N) is 2. The quantitative estimate of drug-likeness (QED) is 0.605. The van der Waals surface area contributed by atoms with Crippen molar-refractivity contribution in [1.82, 2.24) is 15.8 Å². The van der Waals surface area contributed by atoms with E-state index in [0.29, 0.717) is 19.6 Å². The number of rotatable bonds is 8. The number of methoxy groups -OCH3 is 1. The van der Waals surface area contributed by atoms with E-state index in [1.165, 1.54) is 0 Å². The Morgan fingerprint density at radius 1 is 1.11 bits per heavy atom. The van der Waals surface area contributed by atoms with E-state index in [1.807, 2.05) is 43.4 Å². The lowest BCUT2D eigenvalue weighted by Crippen LogP contribution is -2.44. The molecule has 150 valence electrons. The minimum atomic E-state index is -0.272. The number of phenolic OH excluding ortho intramolecular Hbond substituents is 1. The van der Waals surface area contributed by atoms with Gasteiger partial charge in [0.25, 0.3) is 0 Å². The van der Waals surface area contributed by atoms with Gasteiger partial charge in [-0.15, -0.1) is 0 Å². The number of carbonyl (C=O) groups excluding carboxylic acids is 1. The Labute approximate surface area is 165 Å². The molecule has 3 N–H and O–H groups in total. The maximum Gasteiger partial charge on any atom is 0.240 e. The molecule has 2 unspecified atom stereocenters. The molecule has 2 atom stereocenters. The van der Waals surface area contributed by atoms with Crippen LogP contribution in [0.4, 0.5) is 0 Å². The van der Waals surface area contributed by atoms with Gasteiger partial charge < -0.3 is 19.5 Å². The molecule has 1 aliphatic heterocycles. The normalized spacial score (nSPS) is 18.6. The van der Waals surface area contributed by atoms with E-state index in [-0.39, 0.29) is 23.7 Å². The zero-order chi connectivity index (χ0) is 19.9. The molecule has 0 aliphatic carbocycles. The standard InChI is InChI=1S/C21H27N3O4/c1-24(12-3-13-28-18-10-8-17(27-2)9-11-18)21(26)20-14-19(22-23-20)15-4-6-16(25)7-5-15/h4-11,19-20,22-23,25H,3,12-14H2,1-2H3. The number of amides is 1. The highest BCUT2D eigenvalue weighted by molar-refractivity contribution is 5.82. The molecule has 7 heteroatoms. The van der Waals surface area contributed by atoms with Crippen LogP contribution in [-0.2, 0) is 4.79 Å². The Balaban J connectivity index is 1.40. The van der Waals surface area contributed by atoms with Crippen molar-refractivity contribution in [1.29, 1.82) is 0 Å². The number of ether oxygens (including phenoxy) is 2. The minimum Gasteiger partial charge on any atom is -0.508 e. The van der Waals surface area contributed by atoms with Crippen LogP contribution in [0.25, 0.3) is 0 Å². The number of hydrazine groups is 1.